The summed E-state index contributed by atoms with van der Waals surface area (Å²) in [5.74, 6) is 1.20. The third kappa shape index (κ3) is 2.86. The first-order chi connectivity index (χ1) is 9.33. The largest absolute Gasteiger partial charge is 0.389 e. The molecule has 20 heavy (non-hydrogen) atoms. The molecule has 0 amide bonds. The van der Waals surface area contributed by atoms with Crippen LogP contribution in [0.15, 0.2) is 24.3 Å². The van der Waals surface area contributed by atoms with Gasteiger partial charge in [0.05, 0.1) is 22.7 Å². The molecule has 2 aromatic rings. The van der Waals surface area contributed by atoms with Gasteiger partial charge >= 0.3 is 0 Å². The van der Waals surface area contributed by atoms with Gasteiger partial charge in [0.2, 0.25) is 0 Å². The Balaban J connectivity index is 2.16. The van der Waals surface area contributed by atoms with Crippen molar-refractivity contribution >= 4 is 11.0 Å². The van der Waals surface area contributed by atoms with E-state index in [4.69, 9.17) is 0 Å². The third-order valence-electron chi connectivity index (χ3n) is 4.22. The van der Waals surface area contributed by atoms with Crippen LogP contribution in [0.1, 0.15) is 39.6 Å². The fourth-order valence-electron chi connectivity index (χ4n) is 2.21. The van der Waals surface area contributed by atoms with Crippen LogP contribution in [0.25, 0.3) is 11.0 Å². The summed E-state index contributed by atoms with van der Waals surface area (Å²) in [6.07, 6.45) is 0. The quantitative estimate of drug-likeness (QED) is 0.882. The maximum absolute atomic E-state index is 10.3. The Labute approximate surface area is 120 Å². The van der Waals surface area contributed by atoms with E-state index in [9.17, 15) is 5.11 Å². The van der Waals surface area contributed by atoms with Crippen molar-refractivity contribution in [3.63, 3.8) is 0 Å². The number of para-hydroxylation sites is 2. The molecule has 0 saturated heterocycles. The summed E-state index contributed by atoms with van der Waals surface area (Å²) in [5, 5.41) is 13.7. The number of imidazole rings is 1. The average Bonchev–Trinajstić information content (AvgIpc) is 2.74. The lowest BCUT2D eigenvalue weighted by molar-refractivity contribution is 0.0119. The third-order valence-corrected chi connectivity index (χ3v) is 4.22. The van der Waals surface area contributed by atoms with Crippen LogP contribution in [0.3, 0.4) is 0 Å². The fraction of sp³-hybridized carbons (Fsp3) is 0.562. The predicted octanol–water partition coefficient (Wildman–Crippen LogP) is 2.63. The summed E-state index contributed by atoms with van der Waals surface area (Å²) < 4.78 is 2.11. The van der Waals surface area contributed by atoms with E-state index in [1.54, 1.807) is 0 Å². The van der Waals surface area contributed by atoms with E-state index in [2.05, 4.69) is 27.9 Å². The second-order valence-electron chi connectivity index (χ2n) is 6.13. The Hall–Kier alpha value is -1.39. The molecule has 0 aliphatic rings. The second kappa shape index (κ2) is 5.54. The van der Waals surface area contributed by atoms with Crippen molar-refractivity contribution in [2.45, 2.75) is 39.3 Å². The molecule has 4 heteroatoms. The highest BCUT2D eigenvalue weighted by Crippen LogP contribution is 2.21. The van der Waals surface area contributed by atoms with E-state index in [-0.39, 0.29) is 12.0 Å². The summed E-state index contributed by atoms with van der Waals surface area (Å²) in [4.78, 5) is 4.68. The number of rotatable bonds is 5. The minimum absolute atomic E-state index is 0.0950. The van der Waals surface area contributed by atoms with Crippen molar-refractivity contribution < 1.29 is 5.11 Å². The first-order valence-electron chi connectivity index (χ1n) is 7.20. The number of aliphatic hydroxyl groups is 1. The van der Waals surface area contributed by atoms with Gasteiger partial charge < -0.3 is 15.0 Å². The Bertz CT molecular complexity index is 586. The number of aryl methyl sites for hydroxylation is 1. The van der Waals surface area contributed by atoms with Gasteiger partial charge in [-0.1, -0.05) is 26.0 Å². The lowest BCUT2D eigenvalue weighted by Crippen LogP contribution is -2.43. The highest BCUT2D eigenvalue weighted by atomic mass is 16.3. The number of benzene rings is 1. The van der Waals surface area contributed by atoms with Crippen LogP contribution in [0.5, 0.6) is 0 Å². The predicted molar refractivity (Wildman–Crippen MR) is 82.6 cm³/mol. The molecule has 0 spiro atoms. The molecule has 2 N–H and O–H groups in total. The highest BCUT2D eigenvalue weighted by Gasteiger charge is 2.26. The number of nitrogens with one attached hydrogen (secondary N) is 1. The van der Waals surface area contributed by atoms with Gasteiger partial charge in [0.1, 0.15) is 5.82 Å². The molecule has 1 aromatic carbocycles. The van der Waals surface area contributed by atoms with Crippen molar-refractivity contribution in [3.8, 4) is 0 Å². The summed E-state index contributed by atoms with van der Waals surface area (Å²) in [6.45, 7) is 8.56. The van der Waals surface area contributed by atoms with E-state index in [1.165, 1.54) is 0 Å². The molecular weight excluding hydrogens is 250 g/mol. The van der Waals surface area contributed by atoms with Gasteiger partial charge in [-0.25, -0.2) is 4.98 Å². The molecule has 0 fully saturated rings. The summed E-state index contributed by atoms with van der Waals surface area (Å²) in [7, 11) is 2.03. The molecule has 0 aliphatic carbocycles. The van der Waals surface area contributed by atoms with Gasteiger partial charge in [0.15, 0.2) is 0 Å². The number of aromatic nitrogens is 2. The zero-order valence-electron chi connectivity index (χ0n) is 13.0. The molecule has 2 atom stereocenters. The van der Waals surface area contributed by atoms with Gasteiger partial charge in [-0.2, -0.15) is 0 Å². The van der Waals surface area contributed by atoms with Gasteiger partial charge in [-0.15, -0.1) is 0 Å². The molecule has 1 heterocycles. The van der Waals surface area contributed by atoms with Crippen molar-refractivity contribution in [1.29, 1.82) is 0 Å². The maximum Gasteiger partial charge on any atom is 0.126 e. The number of fused-ring (bicyclic) bond motifs is 1. The zero-order chi connectivity index (χ0) is 14.9. The minimum Gasteiger partial charge on any atom is -0.389 e. The van der Waals surface area contributed by atoms with Crippen molar-refractivity contribution in [1.82, 2.24) is 14.9 Å². The van der Waals surface area contributed by atoms with Gasteiger partial charge in [0.25, 0.3) is 0 Å². The minimum atomic E-state index is -0.709. The SMILES string of the molecule is CC(NCC(C)(O)C(C)C)c1nc2ccccc2n1C. The van der Waals surface area contributed by atoms with Crippen molar-refractivity contribution in [2.24, 2.45) is 13.0 Å². The van der Waals surface area contributed by atoms with E-state index >= 15 is 0 Å². The van der Waals surface area contributed by atoms with Crippen molar-refractivity contribution in [2.75, 3.05) is 6.54 Å². The molecule has 1 aromatic heterocycles. The molecular formula is C16H25N3O. The maximum atomic E-state index is 10.3. The molecule has 110 valence electrons. The van der Waals surface area contributed by atoms with Crippen LogP contribution in [-0.2, 0) is 7.05 Å². The van der Waals surface area contributed by atoms with Crippen LogP contribution >= 0.6 is 0 Å². The molecule has 2 unspecified atom stereocenters. The molecule has 4 nitrogen and oxygen atoms in total. The summed E-state index contributed by atoms with van der Waals surface area (Å²) in [6, 6.07) is 8.21. The summed E-state index contributed by atoms with van der Waals surface area (Å²) in [5.41, 5.74) is 1.43. The Morgan fingerprint density at radius 2 is 1.95 bits per heavy atom. The number of hydrogen-bond acceptors (Lipinski definition) is 3. The monoisotopic (exact) mass is 275 g/mol. The van der Waals surface area contributed by atoms with Gasteiger partial charge in [-0.3, -0.25) is 0 Å². The lowest BCUT2D eigenvalue weighted by Gasteiger charge is -2.29. The number of nitrogens with zero attached hydrogens (tertiary/aromatic N) is 2. The average molecular weight is 275 g/mol. The van der Waals surface area contributed by atoms with Gasteiger partial charge in [0, 0.05) is 13.6 Å². The Morgan fingerprint density at radius 3 is 2.55 bits per heavy atom. The molecule has 0 aliphatic heterocycles. The van der Waals surface area contributed by atoms with Crippen LogP contribution in [0, 0.1) is 5.92 Å². The van der Waals surface area contributed by atoms with Crippen LogP contribution in [-0.4, -0.2) is 26.8 Å². The molecule has 0 radical (unpaired) electrons. The number of hydrogen-bond donors (Lipinski definition) is 2. The first kappa shape index (κ1) is 15.0. The molecule has 0 saturated carbocycles. The normalized spacial score (nSPS) is 16.6. The highest BCUT2D eigenvalue weighted by molar-refractivity contribution is 5.75. The Morgan fingerprint density at radius 1 is 1.30 bits per heavy atom. The summed E-state index contributed by atoms with van der Waals surface area (Å²) >= 11 is 0. The first-order valence-corrected chi connectivity index (χ1v) is 7.20. The van der Waals surface area contributed by atoms with Gasteiger partial charge in [-0.05, 0) is 31.9 Å². The van der Waals surface area contributed by atoms with Crippen molar-refractivity contribution in [3.05, 3.63) is 30.1 Å². The zero-order valence-corrected chi connectivity index (χ0v) is 13.0. The Kier molecular flexibility index (Phi) is 4.16. The van der Waals surface area contributed by atoms with E-state index in [0.29, 0.717) is 6.54 Å². The van der Waals surface area contributed by atoms with E-state index in [0.717, 1.165) is 16.9 Å². The van der Waals surface area contributed by atoms with Crippen LogP contribution < -0.4 is 5.32 Å². The second-order valence-corrected chi connectivity index (χ2v) is 6.13. The van der Waals surface area contributed by atoms with E-state index < -0.39 is 5.60 Å². The smallest absolute Gasteiger partial charge is 0.126 e. The van der Waals surface area contributed by atoms with E-state index in [1.807, 2.05) is 46.0 Å². The standard InChI is InChI=1S/C16H25N3O/c1-11(2)16(4,20)10-17-12(3)15-18-13-8-6-7-9-14(13)19(15)5/h6-9,11-12,17,20H,10H2,1-5H3. The topological polar surface area (TPSA) is 50.1 Å². The van der Waals surface area contributed by atoms with Crippen LogP contribution in [0.2, 0.25) is 0 Å². The molecule has 0 bridgehead atoms. The fourth-order valence-corrected chi connectivity index (χ4v) is 2.21. The lowest BCUT2D eigenvalue weighted by atomic mass is 9.92. The molecule has 2 rings (SSSR count). The van der Waals surface area contributed by atoms with Crippen LogP contribution in [0.4, 0.5) is 0 Å².